The molecule has 1 aromatic heterocycles. The third kappa shape index (κ3) is 4.31. The fourth-order valence-electron chi connectivity index (χ4n) is 2.52. The predicted octanol–water partition coefficient (Wildman–Crippen LogP) is 1.65. The van der Waals surface area contributed by atoms with Crippen LogP contribution < -0.4 is 10.6 Å². The van der Waals surface area contributed by atoms with Crippen molar-refractivity contribution < 1.29 is 4.79 Å². The molecular weight excluding hydrogens is 238 g/mol. The highest BCUT2D eigenvalue weighted by Gasteiger charge is 2.15. The van der Waals surface area contributed by atoms with Crippen LogP contribution in [-0.4, -0.2) is 24.0 Å². The summed E-state index contributed by atoms with van der Waals surface area (Å²) >= 11 is 0. The second-order valence-corrected chi connectivity index (χ2v) is 5.14. The van der Waals surface area contributed by atoms with Crippen molar-refractivity contribution in [2.75, 3.05) is 13.1 Å². The fraction of sp³-hybridized carbons (Fsp3) is 0.600. The van der Waals surface area contributed by atoms with Crippen molar-refractivity contribution in [1.82, 2.24) is 15.6 Å². The number of nitrogens with zero attached hydrogens (tertiary/aromatic N) is 1. The molecule has 0 saturated carbocycles. The average Bonchev–Trinajstić information content (AvgIpc) is 2.96. The number of pyridine rings is 1. The van der Waals surface area contributed by atoms with Crippen LogP contribution in [-0.2, 0) is 17.8 Å². The van der Waals surface area contributed by atoms with E-state index in [1.165, 1.54) is 12.0 Å². The van der Waals surface area contributed by atoms with Crippen LogP contribution in [0.15, 0.2) is 18.3 Å². The zero-order valence-electron chi connectivity index (χ0n) is 11.6. The lowest BCUT2D eigenvalue weighted by Gasteiger charge is -2.10. The van der Waals surface area contributed by atoms with Crippen molar-refractivity contribution in [3.05, 3.63) is 29.6 Å². The van der Waals surface area contributed by atoms with Crippen LogP contribution in [0.1, 0.15) is 37.4 Å². The van der Waals surface area contributed by atoms with Crippen molar-refractivity contribution in [3.63, 3.8) is 0 Å². The Labute approximate surface area is 115 Å². The summed E-state index contributed by atoms with van der Waals surface area (Å²) < 4.78 is 0. The quantitative estimate of drug-likeness (QED) is 0.818. The smallest absolute Gasteiger partial charge is 0.220 e. The Morgan fingerprint density at radius 3 is 3.21 bits per heavy atom. The summed E-state index contributed by atoms with van der Waals surface area (Å²) in [5.41, 5.74) is 2.20. The summed E-state index contributed by atoms with van der Waals surface area (Å²) in [6.45, 7) is 4.81. The van der Waals surface area contributed by atoms with Gasteiger partial charge in [0, 0.05) is 12.6 Å². The van der Waals surface area contributed by atoms with E-state index in [0.29, 0.717) is 18.9 Å². The third-order valence-corrected chi connectivity index (χ3v) is 3.76. The Balaban J connectivity index is 1.73. The lowest BCUT2D eigenvalue weighted by Crippen LogP contribution is -2.24. The van der Waals surface area contributed by atoms with Gasteiger partial charge in [-0.3, -0.25) is 9.78 Å². The summed E-state index contributed by atoms with van der Waals surface area (Å²) in [6.07, 6.45) is 5.55. The van der Waals surface area contributed by atoms with Crippen LogP contribution in [0, 0.1) is 5.92 Å². The summed E-state index contributed by atoms with van der Waals surface area (Å²) in [5.74, 6) is 0.811. The molecule has 1 fully saturated rings. The average molecular weight is 261 g/mol. The van der Waals surface area contributed by atoms with Gasteiger partial charge in [-0.2, -0.15) is 0 Å². The molecule has 2 heterocycles. The SMILES string of the molecule is CCc1cccnc1CNC(=O)CCC1CCNC1. The molecule has 4 heteroatoms. The Morgan fingerprint density at radius 1 is 1.58 bits per heavy atom. The fourth-order valence-corrected chi connectivity index (χ4v) is 2.52. The van der Waals surface area contributed by atoms with E-state index in [2.05, 4.69) is 28.6 Å². The first-order valence-corrected chi connectivity index (χ1v) is 7.19. The molecule has 1 atom stereocenters. The molecule has 1 aliphatic rings. The van der Waals surface area contributed by atoms with Crippen LogP contribution in [0.3, 0.4) is 0 Å². The van der Waals surface area contributed by atoms with Gasteiger partial charge in [-0.25, -0.2) is 0 Å². The highest BCUT2D eigenvalue weighted by Crippen LogP contribution is 2.14. The summed E-state index contributed by atoms with van der Waals surface area (Å²) in [6, 6.07) is 4.01. The lowest BCUT2D eigenvalue weighted by atomic mass is 10.0. The number of amides is 1. The van der Waals surface area contributed by atoms with Gasteiger partial charge in [0.15, 0.2) is 0 Å². The van der Waals surface area contributed by atoms with E-state index in [9.17, 15) is 4.79 Å². The van der Waals surface area contributed by atoms with Gasteiger partial charge in [-0.05, 0) is 49.9 Å². The molecule has 1 aromatic rings. The van der Waals surface area contributed by atoms with Gasteiger partial charge < -0.3 is 10.6 Å². The lowest BCUT2D eigenvalue weighted by molar-refractivity contribution is -0.121. The van der Waals surface area contributed by atoms with Gasteiger partial charge in [0.1, 0.15) is 0 Å². The molecule has 0 spiro atoms. The number of hydrogen-bond acceptors (Lipinski definition) is 3. The maximum absolute atomic E-state index is 11.8. The number of rotatable bonds is 6. The van der Waals surface area contributed by atoms with E-state index < -0.39 is 0 Å². The Kier molecular flexibility index (Phi) is 5.33. The zero-order valence-corrected chi connectivity index (χ0v) is 11.6. The molecule has 1 saturated heterocycles. The third-order valence-electron chi connectivity index (χ3n) is 3.76. The molecule has 2 N–H and O–H groups in total. The largest absolute Gasteiger partial charge is 0.350 e. The van der Waals surface area contributed by atoms with Crippen LogP contribution in [0.2, 0.25) is 0 Å². The van der Waals surface area contributed by atoms with Crippen LogP contribution in [0.25, 0.3) is 0 Å². The highest BCUT2D eigenvalue weighted by molar-refractivity contribution is 5.75. The predicted molar refractivity (Wildman–Crippen MR) is 75.7 cm³/mol. The minimum Gasteiger partial charge on any atom is -0.350 e. The molecule has 1 aliphatic heterocycles. The summed E-state index contributed by atoms with van der Waals surface area (Å²) in [7, 11) is 0. The van der Waals surface area contributed by atoms with Gasteiger partial charge in [-0.1, -0.05) is 13.0 Å². The van der Waals surface area contributed by atoms with E-state index in [1.807, 2.05) is 6.07 Å². The van der Waals surface area contributed by atoms with Crippen LogP contribution >= 0.6 is 0 Å². The Hall–Kier alpha value is -1.42. The second kappa shape index (κ2) is 7.24. The molecule has 0 aliphatic carbocycles. The van der Waals surface area contributed by atoms with E-state index in [0.717, 1.165) is 31.6 Å². The molecule has 1 amide bonds. The first kappa shape index (κ1) is 14.0. The van der Waals surface area contributed by atoms with Crippen LogP contribution in [0.5, 0.6) is 0 Å². The number of carbonyl (C=O) groups excluding carboxylic acids is 1. The molecule has 0 bridgehead atoms. The van der Waals surface area contributed by atoms with E-state index in [-0.39, 0.29) is 5.91 Å². The molecule has 19 heavy (non-hydrogen) atoms. The van der Waals surface area contributed by atoms with Crippen molar-refractivity contribution in [3.8, 4) is 0 Å². The number of nitrogens with one attached hydrogen (secondary N) is 2. The minimum absolute atomic E-state index is 0.139. The van der Waals surface area contributed by atoms with Gasteiger partial charge in [0.25, 0.3) is 0 Å². The van der Waals surface area contributed by atoms with Gasteiger partial charge in [-0.15, -0.1) is 0 Å². The maximum atomic E-state index is 11.8. The van der Waals surface area contributed by atoms with E-state index in [4.69, 9.17) is 0 Å². The normalized spacial score (nSPS) is 18.5. The Morgan fingerprint density at radius 2 is 2.47 bits per heavy atom. The molecular formula is C15H23N3O. The van der Waals surface area contributed by atoms with Crippen molar-refractivity contribution in [2.45, 2.75) is 39.2 Å². The van der Waals surface area contributed by atoms with Crippen molar-refractivity contribution in [1.29, 1.82) is 0 Å². The monoisotopic (exact) mass is 261 g/mol. The molecule has 0 aromatic carbocycles. The van der Waals surface area contributed by atoms with E-state index in [1.54, 1.807) is 6.20 Å². The number of aromatic nitrogens is 1. The molecule has 1 unspecified atom stereocenters. The molecule has 0 radical (unpaired) electrons. The number of aryl methyl sites for hydroxylation is 1. The zero-order chi connectivity index (χ0) is 13.5. The van der Waals surface area contributed by atoms with Gasteiger partial charge >= 0.3 is 0 Å². The molecule has 104 valence electrons. The standard InChI is InChI=1S/C15H23N3O/c1-2-13-4-3-8-17-14(13)11-18-15(19)6-5-12-7-9-16-10-12/h3-4,8,12,16H,2,5-7,9-11H2,1H3,(H,18,19). The number of hydrogen-bond donors (Lipinski definition) is 2. The number of carbonyl (C=O) groups is 1. The second-order valence-electron chi connectivity index (χ2n) is 5.14. The maximum Gasteiger partial charge on any atom is 0.220 e. The van der Waals surface area contributed by atoms with E-state index >= 15 is 0 Å². The first-order chi connectivity index (χ1) is 9.29. The summed E-state index contributed by atoms with van der Waals surface area (Å²) in [5, 5.41) is 6.30. The van der Waals surface area contributed by atoms with Gasteiger partial charge in [0.2, 0.25) is 5.91 Å². The summed E-state index contributed by atoms with van der Waals surface area (Å²) in [4.78, 5) is 16.1. The van der Waals surface area contributed by atoms with Crippen molar-refractivity contribution in [2.24, 2.45) is 5.92 Å². The molecule has 4 nitrogen and oxygen atoms in total. The first-order valence-electron chi connectivity index (χ1n) is 7.19. The van der Waals surface area contributed by atoms with Gasteiger partial charge in [0.05, 0.1) is 12.2 Å². The van der Waals surface area contributed by atoms with Crippen molar-refractivity contribution >= 4 is 5.91 Å². The topological polar surface area (TPSA) is 54.0 Å². The highest BCUT2D eigenvalue weighted by atomic mass is 16.1. The molecule has 2 rings (SSSR count). The minimum atomic E-state index is 0.139. The van der Waals surface area contributed by atoms with Crippen LogP contribution in [0.4, 0.5) is 0 Å². The Bertz CT molecular complexity index is 414.